The van der Waals surface area contributed by atoms with Gasteiger partial charge in [0.25, 0.3) is 0 Å². The monoisotopic (exact) mass is 382 g/mol. The summed E-state index contributed by atoms with van der Waals surface area (Å²) in [5, 5.41) is 3.61. The summed E-state index contributed by atoms with van der Waals surface area (Å²) >= 11 is 0. The van der Waals surface area contributed by atoms with E-state index in [9.17, 15) is 9.59 Å². The van der Waals surface area contributed by atoms with Crippen LogP contribution < -0.4 is 5.32 Å². The number of nitrogens with one attached hydrogen (secondary N) is 1. The third-order valence-electron chi connectivity index (χ3n) is 4.73. The van der Waals surface area contributed by atoms with E-state index in [1.807, 2.05) is 31.2 Å². The van der Waals surface area contributed by atoms with Crippen LogP contribution in [0.3, 0.4) is 0 Å². The van der Waals surface area contributed by atoms with Gasteiger partial charge in [0.15, 0.2) is 5.69 Å². The van der Waals surface area contributed by atoms with Crippen molar-refractivity contribution in [3.05, 3.63) is 35.8 Å². The van der Waals surface area contributed by atoms with E-state index < -0.39 is 11.9 Å². The normalized spacial score (nSPS) is 11.2. The highest BCUT2D eigenvalue weighted by Gasteiger charge is 2.23. The van der Waals surface area contributed by atoms with Gasteiger partial charge in [0.2, 0.25) is 0 Å². The van der Waals surface area contributed by atoms with E-state index in [2.05, 4.69) is 26.8 Å². The largest absolute Gasteiger partial charge is 0.387 e. The Kier molecular flexibility index (Phi) is 6.36. The van der Waals surface area contributed by atoms with Crippen molar-refractivity contribution in [3.63, 3.8) is 0 Å². The molecule has 0 saturated carbocycles. The van der Waals surface area contributed by atoms with Gasteiger partial charge in [-0.1, -0.05) is 44.4 Å². The van der Waals surface area contributed by atoms with Crippen LogP contribution in [0.5, 0.6) is 0 Å². The second-order valence-corrected chi connectivity index (χ2v) is 6.84. The molecule has 7 heteroatoms. The number of hydrogen-bond acceptors (Lipinski definition) is 6. The van der Waals surface area contributed by atoms with E-state index in [1.54, 1.807) is 7.05 Å². The molecule has 1 aromatic carbocycles. The highest BCUT2D eigenvalue weighted by molar-refractivity contribution is 6.12. The van der Waals surface area contributed by atoms with Crippen molar-refractivity contribution in [2.24, 2.45) is 0 Å². The molecule has 28 heavy (non-hydrogen) atoms. The van der Waals surface area contributed by atoms with Crippen molar-refractivity contribution < 1.29 is 14.3 Å². The van der Waals surface area contributed by atoms with Gasteiger partial charge >= 0.3 is 11.9 Å². The van der Waals surface area contributed by atoms with Crippen LogP contribution in [0.15, 0.2) is 24.3 Å². The number of likely N-dealkylation sites (N-methyl/N-ethyl adjacent to an activating group) is 1. The van der Waals surface area contributed by atoms with Crippen molar-refractivity contribution in [1.82, 2.24) is 19.9 Å². The minimum absolute atomic E-state index is 0.0483. The summed E-state index contributed by atoms with van der Waals surface area (Å²) in [6.07, 6.45) is 4.55. The molecular formula is C21H26N4O3. The summed E-state index contributed by atoms with van der Waals surface area (Å²) in [6.45, 7) is 4.89. The van der Waals surface area contributed by atoms with Gasteiger partial charge in [-0.3, -0.25) is 4.79 Å². The third-order valence-corrected chi connectivity index (χ3v) is 4.73. The molecule has 7 nitrogen and oxygen atoms in total. The molecule has 3 rings (SSSR count). The third kappa shape index (κ3) is 4.04. The Morgan fingerprint density at radius 1 is 1.14 bits per heavy atom. The van der Waals surface area contributed by atoms with Crippen LogP contribution in [0.1, 0.15) is 48.9 Å². The van der Waals surface area contributed by atoms with E-state index in [-0.39, 0.29) is 12.2 Å². The fourth-order valence-electron chi connectivity index (χ4n) is 3.39. The van der Waals surface area contributed by atoms with Crippen LogP contribution in [0.25, 0.3) is 21.9 Å². The number of ether oxygens (including phenoxy) is 1. The first-order chi connectivity index (χ1) is 13.6. The number of imidazole rings is 1. The summed E-state index contributed by atoms with van der Waals surface area (Å²) in [5.41, 5.74) is 2.10. The fourth-order valence-corrected chi connectivity index (χ4v) is 3.39. The summed E-state index contributed by atoms with van der Waals surface area (Å²) < 4.78 is 7.08. The van der Waals surface area contributed by atoms with Crippen LogP contribution in [-0.4, -0.2) is 40.1 Å². The molecule has 0 unspecified atom stereocenters. The second kappa shape index (κ2) is 8.93. The first kappa shape index (κ1) is 19.9. The maximum atomic E-state index is 12.6. The lowest BCUT2D eigenvalue weighted by molar-refractivity contribution is -0.136. The molecule has 0 amide bonds. The van der Waals surface area contributed by atoms with Crippen molar-refractivity contribution >= 4 is 33.9 Å². The molecule has 2 heterocycles. The van der Waals surface area contributed by atoms with Crippen LogP contribution in [-0.2, 0) is 16.1 Å². The van der Waals surface area contributed by atoms with Crippen LogP contribution >= 0.6 is 0 Å². The average Bonchev–Trinajstić information content (AvgIpc) is 3.01. The molecule has 0 spiro atoms. The Hall–Kier alpha value is -2.80. The topological polar surface area (TPSA) is 86.1 Å². The van der Waals surface area contributed by atoms with Gasteiger partial charge in [-0.15, -0.1) is 0 Å². The molecular weight excluding hydrogens is 356 g/mol. The average molecular weight is 382 g/mol. The summed E-state index contributed by atoms with van der Waals surface area (Å²) in [4.78, 5) is 33.4. The predicted molar refractivity (Wildman–Crippen MR) is 108 cm³/mol. The number of aryl methyl sites for hydroxylation is 2. The SMILES string of the molecule is CCCCCCn1c(C)nc2c(C(=O)OC(=O)CNC)nc3ccccc3c21. The number of benzene rings is 1. The molecule has 1 N–H and O–H groups in total. The standard InChI is InChI=1S/C21H26N4O3/c1-4-5-6-9-12-25-14(2)23-18-19(21(27)28-17(26)13-22-3)24-16-11-8-7-10-15(16)20(18)25/h7-8,10-11,22H,4-6,9,12-13H2,1-3H3. The second-order valence-electron chi connectivity index (χ2n) is 6.84. The van der Waals surface area contributed by atoms with Gasteiger partial charge in [0.1, 0.15) is 11.3 Å². The lowest BCUT2D eigenvalue weighted by atomic mass is 10.1. The quantitative estimate of drug-likeness (QED) is 0.365. The Balaban J connectivity index is 2.09. The summed E-state index contributed by atoms with van der Waals surface area (Å²) in [7, 11) is 1.61. The summed E-state index contributed by atoms with van der Waals surface area (Å²) in [5.74, 6) is -0.599. The smallest absolute Gasteiger partial charge is 0.366 e. The minimum Gasteiger partial charge on any atom is -0.387 e. The lowest BCUT2D eigenvalue weighted by Gasteiger charge is -2.10. The molecule has 0 aliphatic carbocycles. The Labute approximate surface area is 164 Å². The number of esters is 2. The van der Waals surface area contributed by atoms with Gasteiger partial charge in [0, 0.05) is 11.9 Å². The number of hydrogen-bond donors (Lipinski definition) is 1. The van der Waals surface area contributed by atoms with Crippen LogP contribution in [0.4, 0.5) is 0 Å². The number of fused-ring (bicyclic) bond motifs is 3. The van der Waals surface area contributed by atoms with E-state index >= 15 is 0 Å². The molecule has 0 aliphatic rings. The first-order valence-electron chi connectivity index (χ1n) is 9.72. The molecule has 2 aromatic heterocycles. The van der Waals surface area contributed by atoms with Crippen molar-refractivity contribution in [3.8, 4) is 0 Å². The number of nitrogens with zero attached hydrogens (tertiary/aromatic N) is 3. The Morgan fingerprint density at radius 2 is 1.93 bits per heavy atom. The van der Waals surface area contributed by atoms with Crippen LogP contribution in [0.2, 0.25) is 0 Å². The number of pyridine rings is 1. The number of carbonyl (C=O) groups is 2. The number of carbonyl (C=O) groups excluding carboxylic acids is 2. The maximum Gasteiger partial charge on any atom is 0.366 e. The number of aromatic nitrogens is 3. The number of unbranched alkanes of at least 4 members (excludes halogenated alkanes) is 3. The molecule has 3 aromatic rings. The molecule has 0 aliphatic heterocycles. The van der Waals surface area contributed by atoms with E-state index in [0.29, 0.717) is 11.0 Å². The molecule has 0 radical (unpaired) electrons. The lowest BCUT2D eigenvalue weighted by Crippen LogP contribution is -2.24. The molecule has 148 valence electrons. The van der Waals surface area contributed by atoms with E-state index in [4.69, 9.17) is 4.74 Å². The van der Waals surface area contributed by atoms with E-state index in [1.165, 1.54) is 12.8 Å². The zero-order valence-electron chi connectivity index (χ0n) is 16.6. The zero-order chi connectivity index (χ0) is 20.1. The van der Waals surface area contributed by atoms with Crippen LogP contribution in [0, 0.1) is 6.92 Å². The Morgan fingerprint density at radius 3 is 2.68 bits per heavy atom. The highest BCUT2D eigenvalue weighted by Crippen LogP contribution is 2.28. The van der Waals surface area contributed by atoms with Gasteiger partial charge in [0.05, 0.1) is 17.6 Å². The Bertz CT molecular complexity index is 1010. The van der Waals surface area contributed by atoms with Gasteiger partial charge in [-0.25, -0.2) is 14.8 Å². The fraction of sp³-hybridized carbons (Fsp3) is 0.429. The highest BCUT2D eigenvalue weighted by atomic mass is 16.6. The molecule has 0 bridgehead atoms. The molecule has 0 atom stereocenters. The van der Waals surface area contributed by atoms with E-state index in [0.717, 1.165) is 36.1 Å². The molecule has 0 fully saturated rings. The van der Waals surface area contributed by atoms with Gasteiger partial charge < -0.3 is 14.6 Å². The van der Waals surface area contributed by atoms with Crippen molar-refractivity contribution in [2.75, 3.05) is 13.6 Å². The first-order valence-corrected chi connectivity index (χ1v) is 9.72. The number of para-hydroxylation sites is 1. The molecule has 0 saturated heterocycles. The summed E-state index contributed by atoms with van der Waals surface area (Å²) in [6, 6.07) is 7.65. The number of rotatable bonds is 8. The van der Waals surface area contributed by atoms with Crippen molar-refractivity contribution in [1.29, 1.82) is 0 Å². The predicted octanol–water partition coefficient (Wildman–Crippen LogP) is 3.38. The van der Waals surface area contributed by atoms with Gasteiger partial charge in [-0.05, 0) is 26.5 Å². The zero-order valence-corrected chi connectivity index (χ0v) is 16.6. The maximum absolute atomic E-state index is 12.6. The van der Waals surface area contributed by atoms with Crippen molar-refractivity contribution in [2.45, 2.75) is 46.1 Å². The minimum atomic E-state index is -0.772. The van der Waals surface area contributed by atoms with Gasteiger partial charge in [-0.2, -0.15) is 0 Å².